The minimum atomic E-state index is -0.151. The summed E-state index contributed by atoms with van der Waals surface area (Å²) in [6.07, 6.45) is 7.32. The number of carbonyl (C=O) groups excluding carboxylic acids is 1. The molecule has 6 nitrogen and oxygen atoms in total. The third kappa shape index (κ3) is 3.14. The van der Waals surface area contributed by atoms with Gasteiger partial charge in [-0.1, -0.05) is 11.8 Å². The van der Waals surface area contributed by atoms with E-state index in [0.29, 0.717) is 12.2 Å². The van der Waals surface area contributed by atoms with Gasteiger partial charge in [0.15, 0.2) is 5.16 Å². The molecule has 1 amide bonds. The third-order valence-corrected chi connectivity index (χ3v) is 4.30. The van der Waals surface area contributed by atoms with Crippen molar-refractivity contribution < 1.29 is 4.79 Å². The maximum absolute atomic E-state index is 12.1. The molecule has 0 fully saturated rings. The quantitative estimate of drug-likeness (QED) is 0.577. The Bertz CT molecular complexity index is 807. The molecular weight excluding hydrogens is 298 g/mol. The summed E-state index contributed by atoms with van der Waals surface area (Å²) in [6, 6.07) is 3.94. The van der Waals surface area contributed by atoms with E-state index in [-0.39, 0.29) is 5.91 Å². The molecule has 0 aliphatic carbocycles. The second kappa shape index (κ2) is 6.23. The fraction of sp³-hybridized carbons (Fsp3) is 0.267. The highest BCUT2D eigenvalue weighted by Gasteiger charge is 2.10. The Morgan fingerprint density at radius 1 is 1.41 bits per heavy atom. The maximum Gasteiger partial charge on any atom is 0.271 e. The van der Waals surface area contributed by atoms with Crippen molar-refractivity contribution in [2.45, 2.75) is 12.1 Å². The van der Waals surface area contributed by atoms with Gasteiger partial charge in [0.25, 0.3) is 5.91 Å². The van der Waals surface area contributed by atoms with Crippen molar-refractivity contribution >= 4 is 23.3 Å². The van der Waals surface area contributed by atoms with Gasteiger partial charge in [0, 0.05) is 44.1 Å². The van der Waals surface area contributed by atoms with Crippen molar-refractivity contribution in [1.82, 2.24) is 24.3 Å². The van der Waals surface area contributed by atoms with E-state index in [4.69, 9.17) is 0 Å². The van der Waals surface area contributed by atoms with Crippen LogP contribution in [0.2, 0.25) is 0 Å². The van der Waals surface area contributed by atoms with Gasteiger partial charge in [0.05, 0.1) is 0 Å². The highest BCUT2D eigenvalue weighted by Crippen LogP contribution is 2.13. The minimum absolute atomic E-state index is 0.151. The second-order valence-electron chi connectivity index (χ2n) is 5.02. The minimum Gasteiger partial charge on any atom is -0.350 e. The molecule has 3 heterocycles. The van der Waals surface area contributed by atoms with Crippen LogP contribution in [0.15, 0.2) is 42.1 Å². The van der Waals surface area contributed by atoms with Crippen LogP contribution in [0.3, 0.4) is 0 Å². The Hall–Kier alpha value is -2.28. The number of hydrogen-bond donors (Lipinski definition) is 1. The number of aryl methyl sites for hydroxylation is 2. The highest BCUT2D eigenvalue weighted by atomic mass is 32.2. The van der Waals surface area contributed by atoms with E-state index in [9.17, 15) is 4.79 Å². The number of hydrogen-bond acceptors (Lipinski definition) is 4. The monoisotopic (exact) mass is 315 g/mol. The van der Waals surface area contributed by atoms with E-state index in [1.807, 2.05) is 47.5 Å². The summed E-state index contributed by atoms with van der Waals surface area (Å²) < 4.78 is 3.81. The Morgan fingerprint density at radius 3 is 3.05 bits per heavy atom. The normalized spacial score (nSPS) is 11.0. The molecule has 0 unspecified atom stereocenters. The summed E-state index contributed by atoms with van der Waals surface area (Å²) in [6.45, 7) is 2.58. The Balaban J connectivity index is 1.55. The molecule has 0 spiro atoms. The molecule has 1 N–H and O–H groups in total. The molecule has 3 aromatic heterocycles. The largest absolute Gasteiger partial charge is 0.350 e. The molecule has 0 radical (unpaired) electrons. The number of rotatable bonds is 5. The van der Waals surface area contributed by atoms with Crippen LogP contribution in [-0.2, 0) is 7.05 Å². The Labute approximate surface area is 132 Å². The van der Waals surface area contributed by atoms with E-state index in [2.05, 4.69) is 15.3 Å². The molecule has 22 heavy (non-hydrogen) atoms. The summed E-state index contributed by atoms with van der Waals surface area (Å²) in [5, 5.41) is 3.83. The first-order chi connectivity index (χ1) is 10.6. The predicted molar refractivity (Wildman–Crippen MR) is 86.2 cm³/mol. The van der Waals surface area contributed by atoms with E-state index >= 15 is 0 Å². The van der Waals surface area contributed by atoms with Gasteiger partial charge in [-0.15, -0.1) is 0 Å². The fourth-order valence-electron chi connectivity index (χ4n) is 2.08. The number of amides is 1. The zero-order chi connectivity index (χ0) is 15.5. The van der Waals surface area contributed by atoms with Crippen molar-refractivity contribution in [2.24, 2.45) is 7.05 Å². The molecule has 3 rings (SSSR count). The van der Waals surface area contributed by atoms with Gasteiger partial charge in [-0.2, -0.15) is 0 Å². The number of nitrogens with zero attached hydrogens (tertiary/aromatic N) is 4. The number of thioether (sulfide) groups is 1. The van der Waals surface area contributed by atoms with E-state index < -0.39 is 0 Å². The molecular formula is C15H17N5OS. The lowest BCUT2D eigenvalue weighted by Crippen LogP contribution is -2.26. The molecule has 0 aliphatic heterocycles. The van der Waals surface area contributed by atoms with Crippen LogP contribution < -0.4 is 5.32 Å². The SMILES string of the molecule is Cc1ccn2cc(C(=O)NCCSc3nccn3C)nc2c1. The van der Waals surface area contributed by atoms with E-state index in [0.717, 1.165) is 22.1 Å². The third-order valence-electron chi connectivity index (χ3n) is 3.24. The van der Waals surface area contributed by atoms with Crippen LogP contribution in [0.25, 0.3) is 5.65 Å². The Kier molecular flexibility index (Phi) is 4.15. The van der Waals surface area contributed by atoms with E-state index in [1.54, 1.807) is 24.2 Å². The van der Waals surface area contributed by atoms with Crippen LogP contribution in [-0.4, -0.2) is 37.1 Å². The molecule has 0 saturated heterocycles. The lowest BCUT2D eigenvalue weighted by atomic mass is 10.3. The smallest absolute Gasteiger partial charge is 0.271 e. The fourth-order valence-corrected chi connectivity index (χ4v) is 2.87. The summed E-state index contributed by atoms with van der Waals surface area (Å²) in [4.78, 5) is 20.7. The molecule has 0 aromatic carbocycles. The highest BCUT2D eigenvalue weighted by molar-refractivity contribution is 7.99. The maximum atomic E-state index is 12.1. The van der Waals surface area contributed by atoms with Crippen molar-refractivity contribution in [3.8, 4) is 0 Å². The second-order valence-corrected chi connectivity index (χ2v) is 6.08. The molecule has 114 valence electrons. The van der Waals surface area contributed by atoms with Crippen LogP contribution in [0.1, 0.15) is 16.1 Å². The number of pyridine rings is 1. The van der Waals surface area contributed by atoms with Crippen LogP contribution in [0.4, 0.5) is 0 Å². The van der Waals surface area contributed by atoms with Crippen molar-refractivity contribution in [3.63, 3.8) is 0 Å². The van der Waals surface area contributed by atoms with Gasteiger partial charge >= 0.3 is 0 Å². The number of aromatic nitrogens is 4. The number of nitrogens with one attached hydrogen (secondary N) is 1. The molecule has 7 heteroatoms. The zero-order valence-electron chi connectivity index (χ0n) is 12.5. The van der Waals surface area contributed by atoms with Crippen molar-refractivity contribution in [1.29, 1.82) is 0 Å². The zero-order valence-corrected chi connectivity index (χ0v) is 13.3. The molecule has 0 atom stereocenters. The average molecular weight is 315 g/mol. The lowest BCUT2D eigenvalue weighted by molar-refractivity contribution is 0.0952. The van der Waals surface area contributed by atoms with Gasteiger partial charge in [-0.25, -0.2) is 9.97 Å². The topological polar surface area (TPSA) is 64.2 Å². The first kappa shape index (κ1) is 14.6. The number of fused-ring (bicyclic) bond motifs is 1. The number of imidazole rings is 2. The van der Waals surface area contributed by atoms with Crippen molar-refractivity contribution in [3.05, 3.63) is 48.2 Å². The van der Waals surface area contributed by atoms with Crippen molar-refractivity contribution in [2.75, 3.05) is 12.3 Å². The summed E-state index contributed by atoms with van der Waals surface area (Å²) in [5.74, 6) is 0.616. The van der Waals surface area contributed by atoms with Gasteiger partial charge in [-0.05, 0) is 24.6 Å². The first-order valence-corrected chi connectivity index (χ1v) is 7.96. The van der Waals surface area contributed by atoms with E-state index in [1.165, 1.54) is 0 Å². The molecule has 0 bridgehead atoms. The summed E-state index contributed by atoms with van der Waals surface area (Å²) in [7, 11) is 1.95. The van der Waals surface area contributed by atoms with Gasteiger partial charge in [0.1, 0.15) is 11.3 Å². The van der Waals surface area contributed by atoms with Crippen LogP contribution in [0, 0.1) is 6.92 Å². The number of carbonyl (C=O) groups is 1. The molecule has 0 saturated carbocycles. The first-order valence-electron chi connectivity index (χ1n) is 6.97. The predicted octanol–water partition coefficient (Wildman–Crippen LogP) is 1.90. The molecule has 3 aromatic rings. The standard InChI is InChI=1S/C15H17N5OS/c1-11-3-6-20-10-12(18-13(20)9-11)14(21)16-5-8-22-15-17-4-7-19(15)2/h3-4,6-7,9-10H,5,8H2,1-2H3,(H,16,21). The van der Waals surface area contributed by atoms with Gasteiger partial charge in [0.2, 0.25) is 0 Å². The average Bonchev–Trinajstić information content (AvgIpc) is 3.09. The van der Waals surface area contributed by atoms with Gasteiger partial charge in [-0.3, -0.25) is 4.79 Å². The molecule has 0 aliphatic rings. The summed E-state index contributed by atoms with van der Waals surface area (Å²) >= 11 is 1.61. The Morgan fingerprint density at radius 2 is 2.27 bits per heavy atom. The van der Waals surface area contributed by atoms with Gasteiger partial charge < -0.3 is 14.3 Å². The summed E-state index contributed by atoms with van der Waals surface area (Å²) in [5.41, 5.74) is 2.34. The lowest BCUT2D eigenvalue weighted by Gasteiger charge is -2.03. The van der Waals surface area contributed by atoms with Crippen LogP contribution in [0.5, 0.6) is 0 Å². The van der Waals surface area contributed by atoms with Crippen LogP contribution >= 0.6 is 11.8 Å².